The average molecular weight is 261 g/mol. The maximum Gasteiger partial charge on any atom is 0.413 e. The number of hydrogen-bond acceptors (Lipinski definition) is 4. The summed E-state index contributed by atoms with van der Waals surface area (Å²) in [6.45, 7) is 2.86. The van der Waals surface area contributed by atoms with Crippen molar-refractivity contribution >= 4 is 12.1 Å². The average Bonchev–Trinajstić information content (AvgIpc) is 2.88. The van der Waals surface area contributed by atoms with Crippen molar-refractivity contribution in [2.45, 2.75) is 25.8 Å². The fraction of sp³-hybridized carbons (Fsp3) is 0.429. The maximum atomic E-state index is 11.1. The van der Waals surface area contributed by atoms with Crippen LogP contribution in [0, 0.1) is 0 Å². The Morgan fingerprint density at radius 1 is 1.47 bits per heavy atom. The van der Waals surface area contributed by atoms with Crippen LogP contribution in [-0.2, 0) is 11.2 Å². The predicted molar refractivity (Wildman–Crippen MR) is 74.2 cm³/mol. The van der Waals surface area contributed by atoms with E-state index in [1.807, 2.05) is 0 Å². The Kier molecular flexibility index (Phi) is 4.39. The van der Waals surface area contributed by atoms with Crippen LogP contribution in [0.1, 0.15) is 30.5 Å². The first-order valence-corrected chi connectivity index (χ1v) is 6.48. The molecule has 1 aliphatic heterocycles. The van der Waals surface area contributed by atoms with E-state index in [2.05, 4.69) is 51.6 Å². The van der Waals surface area contributed by atoms with Gasteiger partial charge in [0.25, 0.3) is 0 Å². The van der Waals surface area contributed by atoms with Gasteiger partial charge in [0, 0.05) is 6.54 Å². The van der Waals surface area contributed by atoms with Crippen molar-refractivity contribution in [2.75, 3.05) is 13.7 Å². The summed E-state index contributed by atoms with van der Waals surface area (Å²) in [4.78, 5) is 15.5. The van der Waals surface area contributed by atoms with Gasteiger partial charge in [-0.3, -0.25) is 5.32 Å². The molecule has 1 aliphatic rings. The lowest BCUT2D eigenvalue weighted by atomic mass is 10.0. The largest absolute Gasteiger partial charge is 0.453 e. The molecule has 1 aromatic rings. The molecule has 2 N–H and O–H groups in total. The Bertz CT molecular complexity index is 468. The minimum atomic E-state index is -0.509. The quantitative estimate of drug-likeness (QED) is 0.874. The molecule has 102 valence electrons. The first-order chi connectivity index (χ1) is 9.22. The van der Waals surface area contributed by atoms with E-state index in [9.17, 15) is 4.79 Å². The van der Waals surface area contributed by atoms with Gasteiger partial charge in [-0.05, 0) is 17.5 Å². The fourth-order valence-electron chi connectivity index (χ4n) is 2.05. The first-order valence-electron chi connectivity index (χ1n) is 6.48. The van der Waals surface area contributed by atoms with E-state index in [0.717, 1.165) is 18.4 Å². The highest BCUT2D eigenvalue weighted by Gasteiger charge is 2.19. The van der Waals surface area contributed by atoms with Gasteiger partial charge in [-0.25, -0.2) is 9.79 Å². The van der Waals surface area contributed by atoms with Crippen LogP contribution in [0.3, 0.4) is 0 Å². The number of ether oxygens (including phenoxy) is 1. The number of amides is 1. The van der Waals surface area contributed by atoms with Crippen LogP contribution in [-0.4, -0.2) is 25.7 Å². The molecule has 1 unspecified atom stereocenters. The molecule has 0 saturated carbocycles. The fourth-order valence-corrected chi connectivity index (χ4v) is 2.05. The van der Waals surface area contributed by atoms with Crippen molar-refractivity contribution < 1.29 is 9.53 Å². The number of benzene rings is 1. The molecule has 5 nitrogen and oxygen atoms in total. The van der Waals surface area contributed by atoms with Gasteiger partial charge in [0.2, 0.25) is 5.96 Å². The lowest BCUT2D eigenvalue weighted by molar-refractivity contribution is 0.176. The number of carbonyl (C=O) groups excluding carboxylic acids is 1. The van der Waals surface area contributed by atoms with Gasteiger partial charge < -0.3 is 10.1 Å². The zero-order valence-electron chi connectivity index (χ0n) is 11.3. The second-order valence-corrected chi connectivity index (χ2v) is 4.48. The van der Waals surface area contributed by atoms with Crippen LogP contribution < -0.4 is 10.6 Å². The number of nitrogens with zero attached hydrogens (tertiary/aromatic N) is 1. The lowest BCUT2D eigenvalue weighted by Crippen LogP contribution is -2.37. The third kappa shape index (κ3) is 3.47. The molecule has 0 spiro atoms. The van der Waals surface area contributed by atoms with E-state index in [-0.39, 0.29) is 6.04 Å². The smallest absolute Gasteiger partial charge is 0.413 e. The van der Waals surface area contributed by atoms with Crippen molar-refractivity contribution in [3.8, 4) is 0 Å². The van der Waals surface area contributed by atoms with Crippen molar-refractivity contribution in [2.24, 2.45) is 4.99 Å². The molecule has 0 fully saturated rings. The number of guanidine groups is 1. The Morgan fingerprint density at radius 3 is 2.84 bits per heavy atom. The molecule has 19 heavy (non-hydrogen) atoms. The van der Waals surface area contributed by atoms with Gasteiger partial charge in [0.15, 0.2) is 0 Å². The third-order valence-electron chi connectivity index (χ3n) is 3.06. The van der Waals surface area contributed by atoms with E-state index >= 15 is 0 Å². The standard InChI is InChI=1S/C14H19N3O2/c1-3-4-10-5-7-11(8-6-10)12-9-15-13(16-12)17-14(18)19-2/h5-8,12H,3-4,9H2,1-2H3,(H2,15,16,17,18). The monoisotopic (exact) mass is 261 g/mol. The molecule has 1 amide bonds. The molecular weight excluding hydrogens is 242 g/mol. The van der Waals surface area contributed by atoms with E-state index < -0.39 is 6.09 Å². The Balaban J connectivity index is 2.01. The van der Waals surface area contributed by atoms with Crippen LogP contribution in [0.5, 0.6) is 0 Å². The number of aliphatic imine (C=N–C) groups is 1. The van der Waals surface area contributed by atoms with Crippen molar-refractivity contribution in [1.82, 2.24) is 10.6 Å². The molecule has 1 heterocycles. The molecule has 0 aliphatic carbocycles. The summed E-state index contributed by atoms with van der Waals surface area (Å²) in [5, 5.41) is 5.59. The van der Waals surface area contributed by atoms with Gasteiger partial charge >= 0.3 is 6.09 Å². The van der Waals surface area contributed by atoms with Crippen LogP contribution in [0.15, 0.2) is 29.3 Å². The molecule has 5 heteroatoms. The second kappa shape index (κ2) is 6.22. The van der Waals surface area contributed by atoms with Crippen molar-refractivity contribution in [3.63, 3.8) is 0 Å². The van der Waals surface area contributed by atoms with Gasteiger partial charge in [-0.1, -0.05) is 37.6 Å². The molecule has 2 rings (SSSR count). The number of carbonyl (C=O) groups is 1. The molecule has 0 radical (unpaired) electrons. The molecule has 1 atom stereocenters. The van der Waals surface area contributed by atoms with Crippen molar-refractivity contribution in [1.29, 1.82) is 0 Å². The number of rotatable bonds is 3. The number of alkyl carbamates (subject to hydrolysis) is 1. The Labute approximate surface area is 113 Å². The van der Waals surface area contributed by atoms with Gasteiger partial charge in [-0.2, -0.15) is 0 Å². The Morgan fingerprint density at radius 2 is 2.21 bits per heavy atom. The number of nitrogens with one attached hydrogen (secondary N) is 2. The minimum Gasteiger partial charge on any atom is -0.453 e. The van der Waals surface area contributed by atoms with Gasteiger partial charge in [0.1, 0.15) is 0 Å². The van der Waals surface area contributed by atoms with E-state index in [4.69, 9.17) is 0 Å². The van der Waals surface area contributed by atoms with E-state index in [1.54, 1.807) is 0 Å². The zero-order valence-corrected chi connectivity index (χ0v) is 11.3. The normalized spacial score (nSPS) is 17.6. The summed E-state index contributed by atoms with van der Waals surface area (Å²) in [6, 6.07) is 8.52. The highest BCUT2D eigenvalue weighted by Crippen LogP contribution is 2.20. The third-order valence-corrected chi connectivity index (χ3v) is 3.06. The number of methoxy groups -OCH3 is 1. The summed E-state index contributed by atoms with van der Waals surface area (Å²) in [6.07, 6.45) is 1.74. The first kappa shape index (κ1) is 13.4. The summed E-state index contributed by atoms with van der Waals surface area (Å²) in [7, 11) is 1.33. The van der Waals surface area contributed by atoms with E-state index in [1.165, 1.54) is 12.7 Å². The molecular formula is C14H19N3O2. The maximum absolute atomic E-state index is 11.1. The number of aryl methyl sites for hydroxylation is 1. The second-order valence-electron chi connectivity index (χ2n) is 4.48. The SMILES string of the molecule is CCCc1ccc(C2CNC(NC(=O)OC)=N2)cc1. The summed E-state index contributed by atoms with van der Waals surface area (Å²) in [5.74, 6) is 0.467. The number of hydrogen-bond donors (Lipinski definition) is 2. The minimum absolute atomic E-state index is 0.0443. The van der Waals surface area contributed by atoms with Gasteiger partial charge in [-0.15, -0.1) is 0 Å². The van der Waals surface area contributed by atoms with E-state index in [0.29, 0.717) is 12.5 Å². The lowest BCUT2D eigenvalue weighted by Gasteiger charge is -2.07. The van der Waals surface area contributed by atoms with Crippen LogP contribution >= 0.6 is 0 Å². The summed E-state index contributed by atoms with van der Waals surface area (Å²) in [5.41, 5.74) is 2.49. The topological polar surface area (TPSA) is 62.7 Å². The highest BCUT2D eigenvalue weighted by atomic mass is 16.5. The van der Waals surface area contributed by atoms with Crippen LogP contribution in [0.4, 0.5) is 4.79 Å². The highest BCUT2D eigenvalue weighted by molar-refractivity contribution is 5.94. The molecule has 0 saturated heterocycles. The predicted octanol–water partition coefficient (Wildman–Crippen LogP) is 2.00. The zero-order chi connectivity index (χ0) is 13.7. The summed E-state index contributed by atoms with van der Waals surface area (Å²) < 4.78 is 4.52. The van der Waals surface area contributed by atoms with Crippen molar-refractivity contribution in [3.05, 3.63) is 35.4 Å². The summed E-state index contributed by atoms with van der Waals surface area (Å²) >= 11 is 0. The molecule has 0 bridgehead atoms. The van der Waals surface area contributed by atoms with Crippen LogP contribution in [0.2, 0.25) is 0 Å². The van der Waals surface area contributed by atoms with Gasteiger partial charge in [0.05, 0.1) is 13.2 Å². The molecule has 0 aromatic heterocycles. The molecule has 1 aromatic carbocycles. The Hall–Kier alpha value is -2.04. The van der Waals surface area contributed by atoms with Crippen LogP contribution in [0.25, 0.3) is 0 Å².